The number of Topliss-reactive ketones (excluding diaryl/α,β-unsaturated/α-hetero) is 1. The highest BCUT2D eigenvalue weighted by Crippen LogP contribution is 2.45. The molecule has 0 amide bonds. The van der Waals surface area contributed by atoms with Gasteiger partial charge in [0, 0.05) is 18.8 Å². The van der Waals surface area contributed by atoms with Crippen molar-refractivity contribution in [3.8, 4) is 0 Å². The van der Waals surface area contributed by atoms with Gasteiger partial charge < -0.3 is 9.16 Å². The van der Waals surface area contributed by atoms with E-state index in [2.05, 4.69) is 70.3 Å². The zero-order valence-electron chi connectivity index (χ0n) is 24.2. The lowest BCUT2D eigenvalue weighted by Crippen LogP contribution is -2.43. The third-order valence-electron chi connectivity index (χ3n) is 9.14. The van der Waals surface area contributed by atoms with Crippen LogP contribution in [0.4, 0.5) is 0 Å². The second kappa shape index (κ2) is 13.4. The second-order valence-corrected chi connectivity index (χ2v) is 17.5. The van der Waals surface area contributed by atoms with Gasteiger partial charge in [-0.3, -0.25) is 9.59 Å². The molecule has 0 aliphatic heterocycles. The predicted octanol–water partition coefficient (Wildman–Crippen LogP) is 8.68. The van der Waals surface area contributed by atoms with Gasteiger partial charge in [-0.15, -0.1) is 0 Å². The Morgan fingerprint density at radius 3 is 2.35 bits per heavy atom. The lowest BCUT2D eigenvalue weighted by atomic mass is 9.81. The lowest BCUT2D eigenvalue weighted by molar-refractivity contribution is -0.140. The molecule has 0 bridgehead atoms. The van der Waals surface area contributed by atoms with Crippen molar-refractivity contribution in [3.63, 3.8) is 0 Å². The van der Waals surface area contributed by atoms with E-state index >= 15 is 0 Å². The average molecular weight is 527 g/mol. The van der Waals surface area contributed by atoms with Crippen molar-refractivity contribution < 1.29 is 18.8 Å². The summed E-state index contributed by atoms with van der Waals surface area (Å²) in [6, 6.07) is 9.14. The van der Waals surface area contributed by atoms with Crippen LogP contribution in [0.3, 0.4) is 0 Å². The molecule has 2 fully saturated rings. The Bertz CT molecular complexity index is 906. The van der Waals surface area contributed by atoms with Gasteiger partial charge in [-0.2, -0.15) is 0 Å². The van der Waals surface area contributed by atoms with Crippen LogP contribution in [0.1, 0.15) is 115 Å². The summed E-state index contributed by atoms with van der Waals surface area (Å²) in [5.74, 6) is 1.16. The normalized spacial score (nSPS) is 22.5. The Hall–Kier alpha value is -1.72. The van der Waals surface area contributed by atoms with E-state index in [4.69, 9.17) is 9.16 Å². The van der Waals surface area contributed by atoms with E-state index in [0.717, 1.165) is 25.7 Å². The Labute approximate surface area is 226 Å². The number of ether oxygens (including phenoxy) is 1. The van der Waals surface area contributed by atoms with Gasteiger partial charge in [-0.1, -0.05) is 76.5 Å². The monoisotopic (exact) mass is 526 g/mol. The van der Waals surface area contributed by atoms with Gasteiger partial charge in [0.1, 0.15) is 5.78 Å². The number of carbonyl (C=O) groups is 2. The first-order chi connectivity index (χ1) is 17.5. The molecule has 0 radical (unpaired) electrons. The van der Waals surface area contributed by atoms with Gasteiger partial charge in [0.05, 0.1) is 13.2 Å². The Morgan fingerprint density at radius 2 is 1.73 bits per heavy atom. The molecule has 3 rings (SSSR count). The number of ketones is 1. The fourth-order valence-electron chi connectivity index (χ4n) is 5.73. The van der Waals surface area contributed by atoms with Crippen molar-refractivity contribution in [1.82, 2.24) is 0 Å². The molecule has 4 nitrogen and oxygen atoms in total. The quantitative estimate of drug-likeness (QED) is 0.125. The molecular formula is C32H50O4Si. The third kappa shape index (κ3) is 8.13. The maximum Gasteiger partial charge on any atom is 0.305 e. The molecule has 2 aliphatic rings. The number of hydrogen-bond donors (Lipinski definition) is 0. The number of unbranched alkanes of at least 4 members (excludes halogenated alkanes) is 1. The zero-order valence-corrected chi connectivity index (χ0v) is 25.2. The minimum absolute atomic E-state index is 0.0559. The highest BCUT2D eigenvalue weighted by Gasteiger charge is 2.41. The van der Waals surface area contributed by atoms with Gasteiger partial charge in [-0.25, -0.2) is 0 Å². The molecule has 1 aromatic carbocycles. The summed E-state index contributed by atoms with van der Waals surface area (Å²) in [5, 5.41) is 0.185. The van der Waals surface area contributed by atoms with Crippen LogP contribution in [0.15, 0.2) is 36.4 Å². The number of esters is 1. The highest BCUT2D eigenvalue weighted by molar-refractivity contribution is 6.74. The molecule has 0 spiro atoms. The Kier molecular flexibility index (Phi) is 10.8. The minimum Gasteiger partial charge on any atom is -0.469 e. The fourth-order valence-corrected chi connectivity index (χ4v) is 7.05. The summed E-state index contributed by atoms with van der Waals surface area (Å²) in [4.78, 5) is 24.0. The van der Waals surface area contributed by atoms with E-state index in [1.54, 1.807) is 0 Å². The molecular weight excluding hydrogens is 476 g/mol. The maximum absolute atomic E-state index is 12.7. The number of benzene rings is 1. The topological polar surface area (TPSA) is 52.6 Å². The number of carbonyl (C=O) groups excluding carboxylic acids is 2. The second-order valence-electron chi connectivity index (χ2n) is 12.8. The highest BCUT2D eigenvalue weighted by atomic mass is 28.4. The van der Waals surface area contributed by atoms with Gasteiger partial charge in [0.15, 0.2) is 8.32 Å². The third-order valence-corrected chi connectivity index (χ3v) is 13.6. The van der Waals surface area contributed by atoms with Gasteiger partial charge in [0.2, 0.25) is 0 Å². The maximum atomic E-state index is 12.7. The number of allylic oxidation sites excluding steroid dienone is 2. The van der Waals surface area contributed by atoms with Crippen LogP contribution in [-0.2, 0) is 18.8 Å². The molecule has 2 unspecified atom stereocenters. The molecule has 2 saturated carbocycles. The van der Waals surface area contributed by atoms with Crippen molar-refractivity contribution in [2.75, 3.05) is 7.11 Å². The molecule has 0 saturated heterocycles. The van der Waals surface area contributed by atoms with E-state index < -0.39 is 8.32 Å². The lowest BCUT2D eigenvalue weighted by Gasteiger charge is -2.42. The van der Waals surface area contributed by atoms with Crippen LogP contribution in [0.25, 0.3) is 0 Å². The summed E-state index contributed by atoms with van der Waals surface area (Å²) in [6.07, 6.45) is 15.4. The van der Waals surface area contributed by atoms with Crippen molar-refractivity contribution in [2.24, 2.45) is 11.8 Å². The molecule has 37 heavy (non-hydrogen) atoms. The van der Waals surface area contributed by atoms with Crippen molar-refractivity contribution >= 4 is 20.1 Å². The average Bonchev–Trinajstić information content (AvgIpc) is 3.24. The Balaban J connectivity index is 1.70. The smallest absolute Gasteiger partial charge is 0.305 e. The number of hydrogen-bond acceptors (Lipinski definition) is 4. The minimum atomic E-state index is -1.91. The van der Waals surface area contributed by atoms with Crippen molar-refractivity contribution in [1.29, 1.82) is 0 Å². The van der Waals surface area contributed by atoms with Gasteiger partial charge in [-0.05, 0) is 79.6 Å². The molecule has 5 heteroatoms. The van der Waals surface area contributed by atoms with Gasteiger partial charge in [0.25, 0.3) is 0 Å². The molecule has 3 atom stereocenters. The Morgan fingerprint density at radius 1 is 1.05 bits per heavy atom. The van der Waals surface area contributed by atoms with Crippen LogP contribution in [0.2, 0.25) is 18.1 Å². The van der Waals surface area contributed by atoms with Crippen LogP contribution in [0.5, 0.6) is 0 Å². The zero-order chi connectivity index (χ0) is 27.1. The summed E-state index contributed by atoms with van der Waals surface area (Å²) < 4.78 is 11.8. The van der Waals surface area contributed by atoms with E-state index in [9.17, 15) is 9.59 Å². The first-order valence-electron chi connectivity index (χ1n) is 14.6. The molecule has 1 aromatic rings. The van der Waals surface area contributed by atoms with E-state index in [1.807, 2.05) is 0 Å². The summed E-state index contributed by atoms with van der Waals surface area (Å²) in [7, 11) is -0.481. The van der Waals surface area contributed by atoms with E-state index in [1.165, 1.54) is 50.3 Å². The van der Waals surface area contributed by atoms with Crippen LogP contribution in [-0.4, -0.2) is 27.2 Å². The standard InChI is InChI=1S/C32H50O4Si/c1-32(2,3)37(5,6)36-31(25-14-10-9-11-15-25)26-20-18-24(19-21-26)27-22-23-29(33)28(27)16-12-7-8-13-17-30(34)35-4/h7,12,18-21,25,27-28,31H,8-11,13-17,22-23H2,1-6H3/b12-7-/t27?,28-,31?/m1/s1. The first kappa shape index (κ1) is 29.8. The van der Waals surface area contributed by atoms with Crippen molar-refractivity contribution in [2.45, 2.75) is 122 Å². The summed E-state index contributed by atoms with van der Waals surface area (Å²) in [5.41, 5.74) is 2.60. The van der Waals surface area contributed by atoms with Gasteiger partial charge >= 0.3 is 5.97 Å². The van der Waals surface area contributed by atoms with Crippen LogP contribution in [0, 0.1) is 11.8 Å². The molecule has 2 aliphatic carbocycles. The van der Waals surface area contributed by atoms with E-state index in [0.29, 0.717) is 24.5 Å². The fraction of sp³-hybridized carbons (Fsp3) is 0.688. The molecule has 0 N–H and O–H groups in total. The predicted molar refractivity (Wildman–Crippen MR) is 154 cm³/mol. The molecule has 206 valence electrons. The van der Waals surface area contributed by atoms with Crippen LogP contribution < -0.4 is 0 Å². The van der Waals surface area contributed by atoms with E-state index in [-0.39, 0.29) is 28.9 Å². The largest absolute Gasteiger partial charge is 0.469 e. The molecule has 0 aromatic heterocycles. The summed E-state index contributed by atoms with van der Waals surface area (Å²) >= 11 is 0. The van der Waals surface area contributed by atoms with Crippen molar-refractivity contribution in [3.05, 3.63) is 47.5 Å². The van der Waals surface area contributed by atoms with Crippen LogP contribution >= 0.6 is 0 Å². The summed E-state index contributed by atoms with van der Waals surface area (Å²) in [6.45, 7) is 11.7. The number of rotatable bonds is 11. The number of methoxy groups -OCH3 is 1. The molecule has 0 heterocycles. The SMILES string of the molecule is COC(=O)CCC/C=C\C[C@H]1C(=O)CCC1c1ccc(C(O[Si](C)(C)C(C)(C)C)C2CCCCC2)cc1. The first-order valence-corrected chi connectivity index (χ1v) is 17.5.